The van der Waals surface area contributed by atoms with Gasteiger partial charge in [-0.1, -0.05) is 6.07 Å². The molecule has 1 aliphatic heterocycles. The number of benzene rings is 1. The van der Waals surface area contributed by atoms with Crippen LogP contribution in [0.3, 0.4) is 0 Å². The Kier molecular flexibility index (Phi) is 3.41. The van der Waals surface area contributed by atoms with Gasteiger partial charge in [0.05, 0.1) is 5.92 Å². The minimum atomic E-state index is -0.814. The minimum Gasteiger partial charge on any atom is -0.481 e. The van der Waals surface area contributed by atoms with Gasteiger partial charge >= 0.3 is 5.97 Å². The van der Waals surface area contributed by atoms with Gasteiger partial charge in [-0.2, -0.15) is 0 Å². The second-order valence-electron chi connectivity index (χ2n) is 5.59. The fourth-order valence-electron chi connectivity index (χ4n) is 3.02. The molecule has 1 aromatic carbocycles. The van der Waals surface area contributed by atoms with Crippen LogP contribution in [0.1, 0.15) is 23.2 Å². The number of nitrogens with zero attached hydrogens (tertiary/aromatic N) is 2. The molecule has 1 saturated heterocycles. The molecule has 2 heterocycles. The number of aryl methyl sites for hydroxylation is 1. The normalized spacial score (nSPS) is 18.9. The number of rotatable bonds is 2. The molecule has 0 aliphatic carbocycles. The number of piperidine rings is 1. The van der Waals surface area contributed by atoms with Crippen molar-refractivity contribution >= 4 is 22.8 Å². The average molecular weight is 286 g/mol. The number of carboxylic acids is 1. The minimum absolute atomic E-state index is 0.0715. The van der Waals surface area contributed by atoms with Gasteiger partial charge in [-0.15, -0.1) is 0 Å². The Morgan fingerprint density at radius 3 is 2.86 bits per heavy atom. The molecular weight excluding hydrogens is 268 g/mol. The molecule has 1 amide bonds. The number of aromatic nitrogens is 1. The van der Waals surface area contributed by atoms with E-state index in [1.807, 2.05) is 42.1 Å². The van der Waals surface area contributed by atoms with Crippen molar-refractivity contribution < 1.29 is 14.7 Å². The maximum Gasteiger partial charge on any atom is 0.308 e. The molecule has 21 heavy (non-hydrogen) atoms. The van der Waals surface area contributed by atoms with Crippen molar-refractivity contribution in [2.45, 2.75) is 12.8 Å². The van der Waals surface area contributed by atoms with Crippen molar-refractivity contribution in [3.8, 4) is 0 Å². The van der Waals surface area contributed by atoms with E-state index in [-0.39, 0.29) is 5.91 Å². The Balaban J connectivity index is 1.92. The fraction of sp³-hybridized carbons (Fsp3) is 0.375. The molecule has 0 saturated carbocycles. The third-order valence-electron chi connectivity index (χ3n) is 4.22. The topological polar surface area (TPSA) is 62.5 Å². The molecule has 0 unspecified atom stereocenters. The Morgan fingerprint density at radius 2 is 2.10 bits per heavy atom. The highest BCUT2D eigenvalue weighted by Gasteiger charge is 2.29. The van der Waals surface area contributed by atoms with Gasteiger partial charge in [0.15, 0.2) is 0 Å². The summed E-state index contributed by atoms with van der Waals surface area (Å²) in [5.41, 5.74) is 1.66. The van der Waals surface area contributed by atoms with Gasteiger partial charge in [0, 0.05) is 42.8 Å². The smallest absolute Gasteiger partial charge is 0.308 e. The van der Waals surface area contributed by atoms with Crippen LogP contribution in [0.25, 0.3) is 10.9 Å². The predicted molar refractivity (Wildman–Crippen MR) is 79.2 cm³/mol. The maximum absolute atomic E-state index is 12.7. The summed E-state index contributed by atoms with van der Waals surface area (Å²) in [7, 11) is 1.94. The monoisotopic (exact) mass is 286 g/mol. The van der Waals surface area contributed by atoms with E-state index in [4.69, 9.17) is 5.11 Å². The molecule has 0 bridgehead atoms. The summed E-state index contributed by atoms with van der Waals surface area (Å²) in [6.45, 7) is 0.934. The van der Waals surface area contributed by atoms with E-state index in [1.165, 1.54) is 0 Å². The summed E-state index contributed by atoms with van der Waals surface area (Å²) in [5, 5.41) is 10.1. The van der Waals surface area contributed by atoms with E-state index < -0.39 is 11.9 Å². The summed E-state index contributed by atoms with van der Waals surface area (Å²) < 4.78 is 1.97. The molecule has 0 radical (unpaired) electrons. The Morgan fingerprint density at radius 1 is 1.29 bits per heavy atom. The number of aliphatic carboxylic acids is 1. The van der Waals surface area contributed by atoms with Crippen molar-refractivity contribution in [2.24, 2.45) is 13.0 Å². The van der Waals surface area contributed by atoms with Gasteiger partial charge in [0.25, 0.3) is 5.91 Å². The summed E-state index contributed by atoms with van der Waals surface area (Å²) in [5.74, 6) is -1.33. The molecule has 110 valence electrons. The maximum atomic E-state index is 12.7. The number of likely N-dealkylation sites (tertiary alicyclic amines) is 1. The first-order chi connectivity index (χ1) is 10.1. The first-order valence-electron chi connectivity index (χ1n) is 7.14. The van der Waals surface area contributed by atoms with Crippen molar-refractivity contribution in [1.82, 2.24) is 9.47 Å². The second-order valence-corrected chi connectivity index (χ2v) is 5.59. The molecular formula is C16H18N2O3. The number of fused-ring (bicyclic) bond motifs is 1. The van der Waals surface area contributed by atoms with E-state index in [2.05, 4.69) is 0 Å². The molecule has 1 aliphatic rings. The Labute approximate surface area is 122 Å². The van der Waals surface area contributed by atoms with Crippen LogP contribution in [0.5, 0.6) is 0 Å². The van der Waals surface area contributed by atoms with Crippen molar-refractivity contribution in [3.05, 3.63) is 36.0 Å². The Bertz CT molecular complexity index is 705. The average Bonchev–Trinajstić information content (AvgIpc) is 2.88. The largest absolute Gasteiger partial charge is 0.481 e. The standard InChI is InChI=1S/C16H18N2O3/c1-17-9-7-12-13(5-2-6-14(12)17)15(19)18-8-3-4-11(10-18)16(20)21/h2,5-7,9,11H,3-4,8,10H2,1H3,(H,20,21)/t11-/m1/s1. The van der Waals surface area contributed by atoms with Crippen molar-refractivity contribution in [1.29, 1.82) is 0 Å². The zero-order valence-electron chi connectivity index (χ0n) is 12.0. The third kappa shape index (κ3) is 2.39. The lowest BCUT2D eigenvalue weighted by Crippen LogP contribution is -2.42. The first-order valence-corrected chi connectivity index (χ1v) is 7.14. The molecule has 3 rings (SSSR count). The van der Waals surface area contributed by atoms with E-state index in [9.17, 15) is 9.59 Å². The van der Waals surface area contributed by atoms with Crippen LogP contribution in [0, 0.1) is 5.92 Å². The van der Waals surface area contributed by atoms with E-state index in [0.717, 1.165) is 17.3 Å². The SMILES string of the molecule is Cn1ccc2c(C(=O)N3CCC[C@@H](C(=O)O)C3)cccc21. The lowest BCUT2D eigenvalue weighted by atomic mass is 9.97. The highest BCUT2D eigenvalue weighted by atomic mass is 16.4. The highest BCUT2D eigenvalue weighted by Crippen LogP contribution is 2.24. The molecule has 1 aromatic heterocycles. The highest BCUT2D eigenvalue weighted by molar-refractivity contribution is 6.06. The summed E-state index contributed by atoms with van der Waals surface area (Å²) >= 11 is 0. The van der Waals surface area contributed by atoms with E-state index >= 15 is 0 Å². The Hall–Kier alpha value is -2.30. The molecule has 1 N–H and O–H groups in total. The number of hydrogen-bond donors (Lipinski definition) is 1. The molecule has 2 aromatic rings. The van der Waals surface area contributed by atoms with Crippen LogP contribution in [0.15, 0.2) is 30.5 Å². The van der Waals surface area contributed by atoms with Crippen LogP contribution in [-0.4, -0.2) is 39.5 Å². The second kappa shape index (κ2) is 5.24. The van der Waals surface area contributed by atoms with Gasteiger partial charge in [-0.3, -0.25) is 9.59 Å². The van der Waals surface area contributed by atoms with Crippen LogP contribution < -0.4 is 0 Å². The van der Waals surface area contributed by atoms with Crippen molar-refractivity contribution in [2.75, 3.05) is 13.1 Å². The zero-order chi connectivity index (χ0) is 15.0. The molecule has 5 heteroatoms. The van der Waals surface area contributed by atoms with Gasteiger partial charge in [-0.05, 0) is 31.0 Å². The van der Waals surface area contributed by atoms with Crippen LogP contribution >= 0.6 is 0 Å². The zero-order valence-corrected chi connectivity index (χ0v) is 12.0. The van der Waals surface area contributed by atoms with Crippen LogP contribution in [-0.2, 0) is 11.8 Å². The number of carbonyl (C=O) groups is 2. The van der Waals surface area contributed by atoms with Gasteiger partial charge in [0.1, 0.15) is 0 Å². The van der Waals surface area contributed by atoms with Gasteiger partial charge < -0.3 is 14.6 Å². The summed E-state index contributed by atoms with van der Waals surface area (Å²) in [4.78, 5) is 25.5. The predicted octanol–water partition coefficient (Wildman–Crippen LogP) is 2.12. The fourth-order valence-corrected chi connectivity index (χ4v) is 3.02. The molecule has 0 spiro atoms. The lowest BCUT2D eigenvalue weighted by Gasteiger charge is -2.31. The van der Waals surface area contributed by atoms with Gasteiger partial charge in [0.2, 0.25) is 0 Å². The number of amides is 1. The summed E-state index contributed by atoms with van der Waals surface area (Å²) in [6, 6.07) is 7.59. The number of hydrogen-bond acceptors (Lipinski definition) is 2. The first kappa shape index (κ1) is 13.7. The summed E-state index contributed by atoms with van der Waals surface area (Å²) in [6.07, 6.45) is 3.32. The molecule has 5 nitrogen and oxygen atoms in total. The molecule has 1 fully saturated rings. The van der Waals surface area contributed by atoms with Crippen LogP contribution in [0.2, 0.25) is 0 Å². The molecule has 1 atom stereocenters. The van der Waals surface area contributed by atoms with Crippen molar-refractivity contribution in [3.63, 3.8) is 0 Å². The quantitative estimate of drug-likeness (QED) is 0.919. The van der Waals surface area contributed by atoms with E-state index in [1.54, 1.807) is 4.90 Å². The third-order valence-corrected chi connectivity index (χ3v) is 4.22. The van der Waals surface area contributed by atoms with Gasteiger partial charge in [-0.25, -0.2) is 0 Å². The lowest BCUT2D eigenvalue weighted by molar-refractivity contribution is -0.143. The number of carbonyl (C=O) groups excluding carboxylic acids is 1. The van der Waals surface area contributed by atoms with Crippen LogP contribution in [0.4, 0.5) is 0 Å². The van der Waals surface area contributed by atoms with E-state index in [0.29, 0.717) is 25.1 Å². The number of carboxylic acid groups (broad SMARTS) is 1.